The molecule has 1 atom stereocenters. The fraction of sp³-hybridized carbons (Fsp3) is 0.167. The van der Waals surface area contributed by atoms with E-state index in [0.29, 0.717) is 17.9 Å². The highest BCUT2D eigenvalue weighted by Gasteiger charge is 2.28. The van der Waals surface area contributed by atoms with Crippen molar-refractivity contribution in [1.82, 2.24) is 9.78 Å². The lowest BCUT2D eigenvalue weighted by molar-refractivity contribution is 0.0698. The molecule has 0 bridgehead atoms. The van der Waals surface area contributed by atoms with Gasteiger partial charge in [-0.2, -0.15) is 5.10 Å². The molecule has 0 amide bonds. The van der Waals surface area contributed by atoms with Gasteiger partial charge in [0.1, 0.15) is 23.0 Å². The predicted molar refractivity (Wildman–Crippen MR) is 61.9 cm³/mol. The summed E-state index contributed by atoms with van der Waals surface area (Å²) in [5.41, 5.74) is 0.457. The number of aromatic carboxylic acids is 1. The average Bonchev–Trinajstić information content (AvgIpc) is 2.85. The molecular weight excluding hydrogens is 256 g/mol. The Hall–Kier alpha value is -2.44. The minimum Gasteiger partial charge on any atom is -0.477 e. The Morgan fingerprint density at radius 1 is 1.37 bits per heavy atom. The van der Waals surface area contributed by atoms with Crippen LogP contribution in [0.4, 0.5) is 14.6 Å². The molecule has 1 aliphatic rings. The summed E-state index contributed by atoms with van der Waals surface area (Å²) in [6.45, 7) is 0.325. The third-order valence-corrected chi connectivity index (χ3v) is 3.02. The van der Waals surface area contributed by atoms with Crippen molar-refractivity contribution in [3.05, 3.63) is 47.2 Å². The average molecular weight is 265 g/mol. The highest BCUT2D eigenvalue weighted by Crippen LogP contribution is 2.31. The highest BCUT2D eigenvalue weighted by molar-refractivity contribution is 5.93. The third-order valence-electron chi connectivity index (χ3n) is 3.02. The molecule has 0 unspecified atom stereocenters. The van der Waals surface area contributed by atoms with E-state index in [-0.39, 0.29) is 5.56 Å². The molecule has 2 N–H and O–H groups in total. The molecule has 7 heteroatoms. The number of carboxylic acids is 1. The standard InChI is InChI=1S/C12H9F2N3O2/c13-7-1-6(2-8(14)3-7)10-5-17-11(16-10)9(4-15-17)12(18)19/h1-4,10,16H,5H2,(H,18,19)/t10-/m1/s1. The second kappa shape index (κ2) is 4.04. The van der Waals surface area contributed by atoms with Crippen LogP contribution in [0.1, 0.15) is 22.0 Å². The Balaban J connectivity index is 1.93. The fourth-order valence-electron chi connectivity index (χ4n) is 2.18. The molecule has 0 spiro atoms. The molecule has 98 valence electrons. The summed E-state index contributed by atoms with van der Waals surface area (Å²) < 4.78 is 27.8. The lowest BCUT2D eigenvalue weighted by atomic mass is 10.1. The molecular formula is C12H9F2N3O2. The lowest BCUT2D eigenvalue weighted by Gasteiger charge is -2.11. The first-order chi connectivity index (χ1) is 9.04. The monoisotopic (exact) mass is 265 g/mol. The Labute approximate surface area is 106 Å². The van der Waals surface area contributed by atoms with Crippen LogP contribution < -0.4 is 5.32 Å². The van der Waals surface area contributed by atoms with Gasteiger partial charge in [0.25, 0.3) is 0 Å². The lowest BCUT2D eigenvalue weighted by Crippen LogP contribution is -2.09. The Morgan fingerprint density at radius 3 is 2.68 bits per heavy atom. The van der Waals surface area contributed by atoms with Crippen molar-refractivity contribution >= 4 is 11.8 Å². The number of carboxylic acid groups (broad SMARTS) is 1. The number of nitrogens with one attached hydrogen (secondary N) is 1. The molecule has 2 heterocycles. The molecule has 3 rings (SSSR count). The van der Waals surface area contributed by atoms with Gasteiger partial charge in [0.05, 0.1) is 18.8 Å². The van der Waals surface area contributed by atoms with Crippen LogP contribution in [0, 0.1) is 11.6 Å². The first-order valence-electron chi connectivity index (χ1n) is 5.56. The van der Waals surface area contributed by atoms with Crippen molar-refractivity contribution in [3.8, 4) is 0 Å². The summed E-state index contributed by atoms with van der Waals surface area (Å²) >= 11 is 0. The molecule has 5 nitrogen and oxygen atoms in total. The van der Waals surface area contributed by atoms with E-state index in [1.165, 1.54) is 23.0 Å². The van der Waals surface area contributed by atoms with Gasteiger partial charge in [-0.25, -0.2) is 18.3 Å². The zero-order valence-corrected chi connectivity index (χ0v) is 9.60. The van der Waals surface area contributed by atoms with Gasteiger partial charge in [0.15, 0.2) is 0 Å². The number of hydrogen-bond acceptors (Lipinski definition) is 3. The van der Waals surface area contributed by atoms with Crippen molar-refractivity contribution in [2.24, 2.45) is 0 Å². The zero-order valence-electron chi connectivity index (χ0n) is 9.60. The highest BCUT2D eigenvalue weighted by atomic mass is 19.1. The molecule has 2 aromatic rings. The minimum atomic E-state index is -1.10. The van der Waals surface area contributed by atoms with Crippen molar-refractivity contribution in [2.45, 2.75) is 12.6 Å². The first-order valence-corrected chi connectivity index (χ1v) is 5.56. The van der Waals surface area contributed by atoms with Crippen LogP contribution in [0.2, 0.25) is 0 Å². The second-order valence-electron chi connectivity index (χ2n) is 4.29. The van der Waals surface area contributed by atoms with Crippen LogP contribution in [-0.4, -0.2) is 20.9 Å². The van der Waals surface area contributed by atoms with Gasteiger partial charge < -0.3 is 10.4 Å². The first kappa shape index (κ1) is 11.6. The van der Waals surface area contributed by atoms with E-state index in [1.54, 1.807) is 0 Å². The molecule has 0 aliphatic carbocycles. The minimum absolute atomic E-state index is 0.0411. The molecule has 1 aromatic carbocycles. The van der Waals surface area contributed by atoms with E-state index in [1.807, 2.05) is 0 Å². The van der Waals surface area contributed by atoms with Gasteiger partial charge in [-0.05, 0) is 17.7 Å². The number of nitrogens with zero attached hydrogens (tertiary/aromatic N) is 2. The number of carbonyl (C=O) groups is 1. The van der Waals surface area contributed by atoms with Crippen molar-refractivity contribution < 1.29 is 18.7 Å². The molecule has 1 aliphatic heterocycles. The van der Waals surface area contributed by atoms with Crippen LogP contribution in [0.25, 0.3) is 0 Å². The number of benzene rings is 1. The number of halogens is 2. The van der Waals surface area contributed by atoms with E-state index in [4.69, 9.17) is 5.11 Å². The van der Waals surface area contributed by atoms with E-state index in [0.717, 1.165) is 6.07 Å². The maximum atomic E-state index is 13.2. The van der Waals surface area contributed by atoms with Crippen LogP contribution in [0.3, 0.4) is 0 Å². The number of fused-ring (bicyclic) bond motifs is 1. The van der Waals surface area contributed by atoms with E-state index < -0.39 is 23.6 Å². The van der Waals surface area contributed by atoms with Crippen LogP contribution in [0.5, 0.6) is 0 Å². The summed E-state index contributed by atoms with van der Waals surface area (Å²) in [5, 5.41) is 15.8. The summed E-state index contributed by atoms with van der Waals surface area (Å²) in [5.74, 6) is -2.08. The largest absolute Gasteiger partial charge is 0.477 e. The normalized spacial score (nSPS) is 17.1. The van der Waals surface area contributed by atoms with Crippen LogP contribution in [-0.2, 0) is 6.54 Å². The Kier molecular flexibility index (Phi) is 2.48. The van der Waals surface area contributed by atoms with E-state index in [9.17, 15) is 13.6 Å². The second-order valence-corrected chi connectivity index (χ2v) is 4.29. The fourth-order valence-corrected chi connectivity index (χ4v) is 2.18. The maximum Gasteiger partial charge on any atom is 0.341 e. The summed E-state index contributed by atoms with van der Waals surface area (Å²) in [6, 6.07) is 2.83. The van der Waals surface area contributed by atoms with E-state index in [2.05, 4.69) is 10.4 Å². The van der Waals surface area contributed by atoms with Crippen molar-refractivity contribution in [3.63, 3.8) is 0 Å². The van der Waals surface area contributed by atoms with Crippen LogP contribution >= 0.6 is 0 Å². The van der Waals surface area contributed by atoms with Crippen molar-refractivity contribution in [2.75, 3.05) is 5.32 Å². The summed E-state index contributed by atoms with van der Waals surface area (Å²) in [4.78, 5) is 11.0. The van der Waals surface area contributed by atoms with Gasteiger partial charge in [-0.15, -0.1) is 0 Å². The van der Waals surface area contributed by atoms with Gasteiger partial charge in [-0.1, -0.05) is 0 Å². The Bertz CT molecular complexity index is 649. The number of rotatable bonds is 2. The van der Waals surface area contributed by atoms with Gasteiger partial charge in [0.2, 0.25) is 0 Å². The number of aromatic nitrogens is 2. The molecule has 0 saturated heterocycles. The Morgan fingerprint density at radius 2 is 2.05 bits per heavy atom. The maximum absolute atomic E-state index is 13.2. The molecule has 0 fully saturated rings. The SMILES string of the molecule is O=C(O)c1cnn2c1N[C@@H](c1cc(F)cc(F)c1)C2. The molecule has 19 heavy (non-hydrogen) atoms. The third kappa shape index (κ3) is 1.92. The molecule has 0 radical (unpaired) electrons. The zero-order chi connectivity index (χ0) is 13.6. The number of hydrogen-bond donors (Lipinski definition) is 2. The molecule has 1 aromatic heterocycles. The predicted octanol–water partition coefficient (Wildman–Crippen LogP) is 2.03. The van der Waals surface area contributed by atoms with Crippen LogP contribution in [0.15, 0.2) is 24.4 Å². The summed E-state index contributed by atoms with van der Waals surface area (Å²) in [6.07, 6.45) is 1.24. The molecule has 0 saturated carbocycles. The van der Waals surface area contributed by atoms with Gasteiger partial charge in [0, 0.05) is 6.07 Å². The summed E-state index contributed by atoms with van der Waals surface area (Å²) in [7, 11) is 0. The van der Waals surface area contributed by atoms with E-state index >= 15 is 0 Å². The quantitative estimate of drug-likeness (QED) is 0.871. The van der Waals surface area contributed by atoms with Gasteiger partial charge in [-0.3, -0.25) is 0 Å². The van der Waals surface area contributed by atoms with Gasteiger partial charge >= 0.3 is 5.97 Å². The number of anilines is 1. The topological polar surface area (TPSA) is 67.1 Å². The smallest absolute Gasteiger partial charge is 0.341 e. The van der Waals surface area contributed by atoms with Crippen molar-refractivity contribution in [1.29, 1.82) is 0 Å².